The summed E-state index contributed by atoms with van der Waals surface area (Å²) in [5.74, 6) is -3.01. The van der Waals surface area contributed by atoms with Crippen LogP contribution in [0, 0.1) is 11.6 Å². The first-order valence-electron chi connectivity index (χ1n) is 7.61. The minimum absolute atomic E-state index is 0.126. The SMILES string of the molecule is CC(C)OC(=O)c1cc(F)c(COc2ccc(OS(=O)(=O)F)cc2)c(F)c1. The van der Waals surface area contributed by atoms with Crippen LogP contribution in [0.3, 0.4) is 0 Å². The summed E-state index contributed by atoms with van der Waals surface area (Å²) in [5.41, 5.74) is -0.681. The lowest BCUT2D eigenvalue weighted by molar-refractivity contribution is 0.0376. The van der Waals surface area contributed by atoms with Crippen LogP contribution in [0.25, 0.3) is 0 Å². The lowest BCUT2D eigenvalue weighted by Gasteiger charge is -2.11. The van der Waals surface area contributed by atoms with Crippen molar-refractivity contribution in [2.75, 3.05) is 0 Å². The number of carbonyl (C=O) groups is 1. The van der Waals surface area contributed by atoms with Crippen molar-refractivity contribution in [3.8, 4) is 11.5 Å². The molecule has 6 nitrogen and oxygen atoms in total. The van der Waals surface area contributed by atoms with Gasteiger partial charge in [-0.2, -0.15) is 8.42 Å². The van der Waals surface area contributed by atoms with Crippen LogP contribution in [-0.4, -0.2) is 20.5 Å². The van der Waals surface area contributed by atoms with Gasteiger partial charge in [0.25, 0.3) is 0 Å². The van der Waals surface area contributed by atoms with E-state index in [1.807, 2.05) is 0 Å². The highest BCUT2D eigenvalue weighted by Crippen LogP contribution is 2.22. The Morgan fingerprint density at radius 3 is 2.04 bits per heavy atom. The highest BCUT2D eigenvalue weighted by Gasteiger charge is 2.17. The Bertz CT molecular complexity index is 903. The molecule has 0 heterocycles. The molecule has 0 spiro atoms. The van der Waals surface area contributed by atoms with E-state index in [1.165, 1.54) is 12.1 Å². The predicted octanol–water partition coefficient (Wildman–Crippen LogP) is 3.70. The fourth-order valence-corrected chi connectivity index (χ4v) is 2.34. The fraction of sp³-hybridized carbons (Fsp3) is 0.235. The van der Waals surface area contributed by atoms with Gasteiger partial charge < -0.3 is 13.7 Å². The molecule has 2 aromatic carbocycles. The summed E-state index contributed by atoms with van der Waals surface area (Å²) in [6.45, 7) is 2.71. The van der Waals surface area contributed by atoms with Crippen molar-refractivity contribution in [1.82, 2.24) is 0 Å². The van der Waals surface area contributed by atoms with Gasteiger partial charge in [-0.05, 0) is 50.2 Å². The number of benzene rings is 2. The smallest absolute Gasteiger partial charge is 0.488 e. The van der Waals surface area contributed by atoms with Gasteiger partial charge in [-0.25, -0.2) is 13.6 Å². The van der Waals surface area contributed by atoms with Crippen LogP contribution in [-0.2, 0) is 21.8 Å². The first-order chi connectivity index (χ1) is 12.5. The van der Waals surface area contributed by atoms with Crippen molar-refractivity contribution >= 4 is 16.5 Å². The Morgan fingerprint density at radius 1 is 1.04 bits per heavy atom. The highest BCUT2D eigenvalue weighted by molar-refractivity contribution is 7.81. The molecule has 0 aliphatic rings. The third kappa shape index (κ3) is 6.17. The van der Waals surface area contributed by atoms with E-state index in [9.17, 15) is 25.9 Å². The van der Waals surface area contributed by atoms with Gasteiger partial charge in [0.15, 0.2) is 0 Å². The lowest BCUT2D eigenvalue weighted by atomic mass is 10.1. The Morgan fingerprint density at radius 2 is 1.56 bits per heavy atom. The van der Waals surface area contributed by atoms with Gasteiger partial charge >= 0.3 is 16.5 Å². The van der Waals surface area contributed by atoms with Crippen molar-refractivity contribution in [3.63, 3.8) is 0 Å². The Balaban J connectivity index is 2.08. The molecular formula is C17H15F3O6S. The number of hydrogen-bond donors (Lipinski definition) is 0. The number of hydrogen-bond acceptors (Lipinski definition) is 6. The molecule has 0 saturated carbocycles. The maximum Gasteiger partial charge on any atom is 0.488 e. The van der Waals surface area contributed by atoms with Crippen LogP contribution in [0.5, 0.6) is 11.5 Å². The van der Waals surface area contributed by atoms with Crippen molar-refractivity contribution in [2.45, 2.75) is 26.6 Å². The summed E-state index contributed by atoms with van der Waals surface area (Å²) < 4.78 is 75.4. The standard InChI is InChI=1S/C17H15F3O6S/c1-10(2)25-17(21)11-7-15(18)14(16(19)8-11)9-24-12-3-5-13(6-4-12)26-27(20,22)23/h3-8,10H,9H2,1-2H3. The van der Waals surface area contributed by atoms with Gasteiger partial charge in [-0.3, -0.25) is 0 Å². The minimum atomic E-state index is -5.15. The summed E-state index contributed by atoms with van der Waals surface area (Å²) in [7, 11) is -5.15. The van der Waals surface area contributed by atoms with Crippen LogP contribution in [0.15, 0.2) is 36.4 Å². The molecule has 0 N–H and O–H groups in total. The fourth-order valence-electron chi connectivity index (χ4n) is 2.00. The Labute approximate surface area is 153 Å². The summed E-state index contributed by atoms with van der Waals surface area (Å²) in [6.07, 6.45) is -0.439. The monoisotopic (exact) mass is 404 g/mol. The zero-order valence-electron chi connectivity index (χ0n) is 14.2. The second kappa shape index (κ2) is 8.30. The summed E-state index contributed by atoms with van der Waals surface area (Å²) in [6, 6.07) is 6.34. The van der Waals surface area contributed by atoms with Gasteiger partial charge in [0.05, 0.1) is 17.2 Å². The maximum atomic E-state index is 14.1. The molecule has 2 aromatic rings. The topological polar surface area (TPSA) is 78.9 Å². The number of carbonyl (C=O) groups excluding carboxylic acids is 1. The molecule has 0 aliphatic carbocycles. The van der Waals surface area contributed by atoms with E-state index in [2.05, 4.69) is 4.18 Å². The van der Waals surface area contributed by atoms with Crippen LogP contribution in [0.2, 0.25) is 0 Å². The Kier molecular flexibility index (Phi) is 6.32. The number of halogens is 3. The molecule has 0 radical (unpaired) electrons. The predicted molar refractivity (Wildman–Crippen MR) is 88.3 cm³/mol. The van der Waals surface area contributed by atoms with E-state index in [-0.39, 0.29) is 17.1 Å². The molecule has 0 saturated heterocycles. The van der Waals surface area contributed by atoms with Crippen LogP contribution in [0.1, 0.15) is 29.8 Å². The van der Waals surface area contributed by atoms with E-state index in [0.717, 1.165) is 24.3 Å². The largest absolute Gasteiger partial charge is 0.489 e. The van der Waals surface area contributed by atoms with E-state index >= 15 is 0 Å². The molecule has 0 atom stereocenters. The minimum Gasteiger partial charge on any atom is -0.489 e. The van der Waals surface area contributed by atoms with Crippen LogP contribution >= 0.6 is 0 Å². The highest BCUT2D eigenvalue weighted by atomic mass is 32.3. The van der Waals surface area contributed by atoms with Crippen molar-refractivity contribution < 1.29 is 39.5 Å². The van der Waals surface area contributed by atoms with Crippen LogP contribution < -0.4 is 8.92 Å². The average Bonchev–Trinajstić information content (AvgIpc) is 2.53. The van der Waals surface area contributed by atoms with Gasteiger partial charge in [0.2, 0.25) is 0 Å². The number of esters is 1. The zero-order chi connectivity index (χ0) is 20.2. The Hall–Kier alpha value is -2.75. The van der Waals surface area contributed by atoms with Crippen molar-refractivity contribution in [2.24, 2.45) is 0 Å². The summed E-state index contributed by atoms with van der Waals surface area (Å²) >= 11 is 0. The van der Waals surface area contributed by atoms with Crippen molar-refractivity contribution in [3.05, 3.63) is 59.2 Å². The molecule has 10 heteroatoms. The molecule has 0 bridgehead atoms. The molecule has 0 fully saturated rings. The first kappa shape index (κ1) is 20.6. The first-order valence-corrected chi connectivity index (χ1v) is 8.92. The molecule has 2 rings (SSSR count). The lowest BCUT2D eigenvalue weighted by Crippen LogP contribution is -2.13. The van der Waals surface area contributed by atoms with Crippen LogP contribution in [0.4, 0.5) is 12.7 Å². The normalized spacial score (nSPS) is 11.3. The molecular weight excluding hydrogens is 389 g/mol. The van der Waals surface area contributed by atoms with Gasteiger partial charge in [0.1, 0.15) is 29.7 Å². The third-order valence-electron chi connectivity index (χ3n) is 3.12. The summed E-state index contributed by atoms with van der Waals surface area (Å²) in [5, 5.41) is 0. The number of ether oxygens (including phenoxy) is 2. The molecule has 0 amide bonds. The second-order valence-corrected chi connectivity index (χ2v) is 6.56. The van der Waals surface area contributed by atoms with E-state index in [0.29, 0.717) is 0 Å². The van der Waals surface area contributed by atoms with Gasteiger partial charge in [0, 0.05) is 0 Å². The van der Waals surface area contributed by atoms with Crippen molar-refractivity contribution in [1.29, 1.82) is 0 Å². The molecule has 146 valence electrons. The average molecular weight is 404 g/mol. The molecule has 0 aromatic heterocycles. The quantitative estimate of drug-likeness (QED) is 0.517. The maximum absolute atomic E-state index is 14.1. The zero-order valence-corrected chi connectivity index (χ0v) is 15.1. The molecule has 0 aliphatic heterocycles. The molecule has 27 heavy (non-hydrogen) atoms. The van der Waals surface area contributed by atoms with E-state index in [4.69, 9.17) is 9.47 Å². The molecule has 0 unspecified atom stereocenters. The third-order valence-corrected chi connectivity index (χ3v) is 3.51. The second-order valence-electron chi connectivity index (χ2n) is 5.61. The van der Waals surface area contributed by atoms with E-state index < -0.39 is 46.4 Å². The van der Waals surface area contributed by atoms with E-state index in [1.54, 1.807) is 13.8 Å². The van der Waals surface area contributed by atoms with Gasteiger partial charge in [-0.1, -0.05) is 3.89 Å². The van der Waals surface area contributed by atoms with Gasteiger partial charge in [-0.15, -0.1) is 0 Å². The number of rotatable bonds is 7. The summed E-state index contributed by atoms with van der Waals surface area (Å²) in [4.78, 5) is 11.7.